The molecule has 3 heteroatoms. The number of aryl methyl sites for hydroxylation is 2. The lowest BCUT2D eigenvalue weighted by atomic mass is 10.0. The number of rotatable bonds is 5. The quantitative estimate of drug-likeness (QED) is 0.758. The minimum absolute atomic E-state index is 0.564. The van der Waals surface area contributed by atoms with Crippen LogP contribution in [0.2, 0.25) is 0 Å². The summed E-state index contributed by atoms with van der Waals surface area (Å²) in [5, 5.41) is 0. The molecule has 0 aliphatic heterocycles. The normalized spacial score (nSPS) is 13.8. The van der Waals surface area contributed by atoms with E-state index >= 15 is 0 Å². The summed E-state index contributed by atoms with van der Waals surface area (Å²) in [4.78, 5) is 4.35. The van der Waals surface area contributed by atoms with Crippen molar-refractivity contribution in [2.75, 3.05) is 31.3 Å². The van der Waals surface area contributed by atoms with Crippen molar-refractivity contribution in [1.29, 1.82) is 0 Å². The standard InChI is InChI=1S/C15H25NOS/c1-12(7-8-17-11-18(4,5)6)15-10-16-14(3)9-13(15)2/h7,9-10H,8,11H2,1-6H3/b12-7-. The van der Waals surface area contributed by atoms with E-state index < -0.39 is 10.0 Å². The van der Waals surface area contributed by atoms with Gasteiger partial charge in [-0.2, -0.15) is 0 Å². The van der Waals surface area contributed by atoms with Crippen LogP contribution in [0.15, 0.2) is 18.3 Å². The molecular formula is C15H25NOS. The first kappa shape index (κ1) is 15.3. The second-order valence-corrected chi connectivity index (χ2v) is 10.0. The number of nitrogens with zero attached hydrogens (tertiary/aromatic N) is 1. The van der Waals surface area contributed by atoms with Gasteiger partial charge in [-0.1, -0.05) is 6.08 Å². The highest BCUT2D eigenvalue weighted by Crippen LogP contribution is 2.34. The summed E-state index contributed by atoms with van der Waals surface area (Å²) in [7, 11) is -0.564. The zero-order valence-corrected chi connectivity index (χ0v) is 13.2. The third-order valence-electron chi connectivity index (χ3n) is 2.62. The first-order valence-electron chi connectivity index (χ1n) is 6.14. The molecular weight excluding hydrogens is 242 g/mol. The van der Waals surface area contributed by atoms with Crippen molar-refractivity contribution in [3.05, 3.63) is 35.2 Å². The van der Waals surface area contributed by atoms with E-state index in [1.807, 2.05) is 13.1 Å². The molecule has 0 fully saturated rings. The van der Waals surface area contributed by atoms with Gasteiger partial charge in [0.25, 0.3) is 0 Å². The first-order valence-corrected chi connectivity index (χ1v) is 9.16. The molecule has 0 unspecified atom stereocenters. The molecule has 0 bridgehead atoms. The molecule has 1 aromatic heterocycles. The number of allylic oxidation sites excluding steroid dienone is 1. The van der Waals surface area contributed by atoms with Gasteiger partial charge in [0.1, 0.15) is 0 Å². The highest BCUT2D eigenvalue weighted by Gasteiger charge is 2.04. The summed E-state index contributed by atoms with van der Waals surface area (Å²) in [6, 6.07) is 2.12. The zero-order valence-electron chi connectivity index (χ0n) is 12.4. The Labute approximate surface area is 113 Å². The summed E-state index contributed by atoms with van der Waals surface area (Å²) < 4.78 is 5.69. The molecule has 0 aliphatic carbocycles. The Morgan fingerprint density at radius 3 is 2.56 bits per heavy atom. The topological polar surface area (TPSA) is 22.1 Å². The SMILES string of the molecule is C/C(=C/COCS(C)(C)C)c1cnc(C)cc1C. The molecule has 18 heavy (non-hydrogen) atoms. The summed E-state index contributed by atoms with van der Waals surface area (Å²) in [5.74, 6) is 0.863. The highest BCUT2D eigenvalue weighted by atomic mass is 32.3. The van der Waals surface area contributed by atoms with Crippen LogP contribution in [-0.4, -0.2) is 36.3 Å². The smallest absolute Gasteiger partial charge is 0.0768 e. The van der Waals surface area contributed by atoms with E-state index in [0.717, 1.165) is 11.6 Å². The Balaban J connectivity index is 2.61. The van der Waals surface area contributed by atoms with Gasteiger partial charge >= 0.3 is 0 Å². The molecule has 0 aromatic carbocycles. The van der Waals surface area contributed by atoms with Gasteiger partial charge in [0.2, 0.25) is 0 Å². The average Bonchev–Trinajstić information content (AvgIpc) is 2.22. The monoisotopic (exact) mass is 267 g/mol. The molecule has 0 saturated carbocycles. The Bertz CT molecular complexity index is 433. The van der Waals surface area contributed by atoms with Crippen LogP contribution in [0.1, 0.15) is 23.7 Å². The van der Waals surface area contributed by atoms with E-state index in [1.54, 1.807) is 0 Å². The molecule has 0 N–H and O–H groups in total. The van der Waals surface area contributed by atoms with Crippen LogP contribution < -0.4 is 0 Å². The van der Waals surface area contributed by atoms with Crippen molar-refractivity contribution in [3.8, 4) is 0 Å². The highest BCUT2D eigenvalue weighted by molar-refractivity contribution is 8.32. The van der Waals surface area contributed by atoms with Crippen molar-refractivity contribution in [3.63, 3.8) is 0 Å². The van der Waals surface area contributed by atoms with E-state index in [0.29, 0.717) is 6.61 Å². The number of ether oxygens (including phenoxy) is 1. The molecule has 102 valence electrons. The Morgan fingerprint density at radius 1 is 1.33 bits per heavy atom. The number of pyridine rings is 1. The maximum Gasteiger partial charge on any atom is 0.0768 e. The molecule has 0 radical (unpaired) electrons. The Morgan fingerprint density at radius 2 is 2.00 bits per heavy atom. The molecule has 0 saturated heterocycles. The fourth-order valence-corrected chi connectivity index (χ4v) is 2.30. The molecule has 2 nitrogen and oxygen atoms in total. The number of aromatic nitrogens is 1. The first-order chi connectivity index (χ1) is 8.29. The molecule has 1 rings (SSSR count). The summed E-state index contributed by atoms with van der Waals surface area (Å²) in [6.45, 7) is 6.95. The molecule has 1 aromatic rings. The predicted molar refractivity (Wildman–Crippen MR) is 83.5 cm³/mol. The Kier molecular flexibility index (Phi) is 5.42. The van der Waals surface area contributed by atoms with Gasteiger partial charge in [0.05, 0.1) is 12.5 Å². The van der Waals surface area contributed by atoms with Crippen LogP contribution in [0, 0.1) is 13.8 Å². The predicted octanol–water partition coefficient (Wildman–Crippen LogP) is 3.77. The molecule has 0 amide bonds. The minimum Gasteiger partial charge on any atom is -0.368 e. The lowest BCUT2D eigenvalue weighted by molar-refractivity contribution is 0.215. The molecule has 0 aliphatic rings. The second kappa shape index (κ2) is 6.39. The maximum absolute atomic E-state index is 5.69. The minimum atomic E-state index is -0.564. The van der Waals surface area contributed by atoms with Crippen molar-refractivity contribution in [1.82, 2.24) is 4.98 Å². The summed E-state index contributed by atoms with van der Waals surface area (Å²) >= 11 is 0. The van der Waals surface area contributed by atoms with Crippen LogP contribution in [0.5, 0.6) is 0 Å². The van der Waals surface area contributed by atoms with Crippen molar-refractivity contribution in [2.45, 2.75) is 20.8 Å². The van der Waals surface area contributed by atoms with Crippen molar-refractivity contribution in [2.24, 2.45) is 0 Å². The van der Waals surface area contributed by atoms with Gasteiger partial charge in [-0.15, -0.1) is 0 Å². The largest absolute Gasteiger partial charge is 0.368 e. The molecule has 0 spiro atoms. The van der Waals surface area contributed by atoms with Gasteiger partial charge in [-0.25, -0.2) is 10.0 Å². The van der Waals surface area contributed by atoms with E-state index in [1.165, 1.54) is 16.7 Å². The third-order valence-corrected chi connectivity index (χ3v) is 3.49. The van der Waals surface area contributed by atoms with Gasteiger partial charge in [0, 0.05) is 11.9 Å². The fourth-order valence-electron chi connectivity index (χ4n) is 1.70. The number of hydrogen-bond donors (Lipinski definition) is 0. The summed E-state index contributed by atoms with van der Waals surface area (Å²) in [5.41, 5.74) is 4.80. The Hall–Kier alpha value is -0.800. The van der Waals surface area contributed by atoms with Gasteiger partial charge in [-0.05, 0) is 62.3 Å². The van der Waals surface area contributed by atoms with Crippen molar-refractivity contribution >= 4 is 15.6 Å². The fraction of sp³-hybridized carbons (Fsp3) is 0.533. The van der Waals surface area contributed by atoms with E-state index in [9.17, 15) is 0 Å². The average molecular weight is 267 g/mol. The summed E-state index contributed by atoms with van der Waals surface area (Å²) in [6.07, 6.45) is 10.9. The van der Waals surface area contributed by atoms with Crippen LogP contribution >= 0.6 is 10.0 Å². The maximum atomic E-state index is 5.69. The van der Waals surface area contributed by atoms with Gasteiger partial charge in [0.15, 0.2) is 0 Å². The van der Waals surface area contributed by atoms with Crippen LogP contribution in [0.25, 0.3) is 5.57 Å². The number of hydrogen-bond acceptors (Lipinski definition) is 2. The van der Waals surface area contributed by atoms with Crippen molar-refractivity contribution < 1.29 is 4.74 Å². The second-order valence-electron chi connectivity index (χ2n) is 5.61. The van der Waals surface area contributed by atoms with Crippen LogP contribution in [-0.2, 0) is 4.74 Å². The van der Waals surface area contributed by atoms with E-state index in [4.69, 9.17) is 4.74 Å². The van der Waals surface area contributed by atoms with Crippen LogP contribution in [0.3, 0.4) is 0 Å². The van der Waals surface area contributed by atoms with E-state index in [2.05, 4.69) is 49.7 Å². The molecule has 0 atom stereocenters. The zero-order chi connectivity index (χ0) is 13.8. The lowest BCUT2D eigenvalue weighted by Gasteiger charge is -2.24. The molecule has 1 heterocycles. The van der Waals surface area contributed by atoms with Gasteiger partial charge in [-0.3, -0.25) is 4.98 Å². The third kappa shape index (κ3) is 5.23. The van der Waals surface area contributed by atoms with Gasteiger partial charge < -0.3 is 4.74 Å². The lowest BCUT2D eigenvalue weighted by Crippen LogP contribution is -2.03. The van der Waals surface area contributed by atoms with Crippen LogP contribution in [0.4, 0.5) is 0 Å². The van der Waals surface area contributed by atoms with E-state index in [-0.39, 0.29) is 0 Å².